The largest absolute Gasteiger partial charge is 0.457 e. The van der Waals surface area contributed by atoms with Gasteiger partial charge in [0.05, 0.1) is 27.9 Å². The second kappa shape index (κ2) is 7.07. The smallest absolute Gasteiger partial charge is 0.337 e. The minimum Gasteiger partial charge on any atom is -0.457 e. The molecule has 0 bridgehead atoms. The minimum atomic E-state index is -1.25. The van der Waals surface area contributed by atoms with Crippen molar-refractivity contribution in [3.05, 3.63) is 47.7 Å². The van der Waals surface area contributed by atoms with Crippen LogP contribution in [-0.2, 0) is 25.3 Å². The molecule has 24 heavy (non-hydrogen) atoms. The maximum absolute atomic E-state index is 12.5. The number of nitrogens with one attached hydrogen (secondary N) is 1. The van der Waals surface area contributed by atoms with Gasteiger partial charge in [0, 0.05) is 20.3 Å². The first-order valence-electron chi connectivity index (χ1n) is 7.92. The van der Waals surface area contributed by atoms with Gasteiger partial charge in [-0.25, -0.2) is 13.7 Å². The van der Waals surface area contributed by atoms with E-state index in [9.17, 15) is 9.00 Å². The SMILES string of the molecule is CC1(C)OC(=O)C=C(C[C@@H](N[S@](=O)C(C)(C)C)c2ccccc2)O1. The van der Waals surface area contributed by atoms with E-state index in [4.69, 9.17) is 9.47 Å². The van der Waals surface area contributed by atoms with Gasteiger partial charge in [-0.3, -0.25) is 0 Å². The molecule has 1 N–H and O–H groups in total. The highest BCUT2D eigenvalue weighted by atomic mass is 32.2. The van der Waals surface area contributed by atoms with Crippen molar-refractivity contribution in [2.45, 2.75) is 57.6 Å². The molecule has 5 nitrogen and oxygen atoms in total. The van der Waals surface area contributed by atoms with E-state index in [-0.39, 0.29) is 6.04 Å². The highest BCUT2D eigenvalue weighted by Gasteiger charge is 2.32. The maximum atomic E-state index is 12.5. The maximum Gasteiger partial charge on any atom is 0.337 e. The first kappa shape index (κ1) is 18.7. The molecule has 1 aromatic rings. The number of benzene rings is 1. The van der Waals surface area contributed by atoms with Gasteiger partial charge in [-0.2, -0.15) is 0 Å². The Kier molecular flexibility index (Phi) is 5.50. The molecule has 132 valence electrons. The van der Waals surface area contributed by atoms with Gasteiger partial charge >= 0.3 is 5.97 Å². The highest BCUT2D eigenvalue weighted by molar-refractivity contribution is 7.84. The zero-order valence-electron chi connectivity index (χ0n) is 14.8. The quantitative estimate of drug-likeness (QED) is 0.826. The number of hydrogen-bond acceptors (Lipinski definition) is 4. The second-order valence-corrected chi connectivity index (χ2v) is 9.20. The number of cyclic esters (lactones) is 1. The fraction of sp³-hybridized carbons (Fsp3) is 0.500. The van der Waals surface area contributed by atoms with Crippen LogP contribution in [0.4, 0.5) is 0 Å². The van der Waals surface area contributed by atoms with Gasteiger partial charge in [0.1, 0.15) is 5.76 Å². The molecule has 2 rings (SSSR count). The lowest BCUT2D eigenvalue weighted by atomic mass is 10.0. The van der Waals surface area contributed by atoms with Crippen LogP contribution in [0.25, 0.3) is 0 Å². The standard InChI is InChI=1S/C18H25NO4S/c1-17(2,3)24(21)19-15(13-9-7-6-8-10-13)11-14-12-16(20)23-18(4,5)22-14/h6-10,12,15,19H,11H2,1-5H3/t15-,24-/m1/s1. The number of ether oxygens (including phenoxy) is 2. The summed E-state index contributed by atoms with van der Waals surface area (Å²) < 4.78 is 26.1. The van der Waals surface area contributed by atoms with E-state index in [1.54, 1.807) is 13.8 Å². The van der Waals surface area contributed by atoms with E-state index in [0.29, 0.717) is 12.2 Å². The summed E-state index contributed by atoms with van der Waals surface area (Å²) in [7, 11) is -1.25. The Hall–Kier alpha value is -1.66. The lowest BCUT2D eigenvalue weighted by molar-refractivity contribution is -0.206. The molecule has 6 heteroatoms. The third kappa shape index (κ3) is 5.18. The molecule has 0 radical (unpaired) electrons. The van der Waals surface area contributed by atoms with E-state index in [0.717, 1.165) is 5.56 Å². The molecule has 0 fully saturated rings. The van der Waals surface area contributed by atoms with Crippen LogP contribution >= 0.6 is 0 Å². The predicted octanol–water partition coefficient (Wildman–Crippen LogP) is 3.36. The Morgan fingerprint density at radius 1 is 1.17 bits per heavy atom. The summed E-state index contributed by atoms with van der Waals surface area (Å²) >= 11 is 0. The third-order valence-corrected chi connectivity index (χ3v) is 5.03. The van der Waals surface area contributed by atoms with Gasteiger partial charge in [-0.15, -0.1) is 0 Å². The molecule has 1 aromatic carbocycles. The van der Waals surface area contributed by atoms with Crippen molar-refractivity contribution in [1.82, 2.24) is 4.72 Å². The van der Waals surface area contributed by atoms with Crippen molar-refractivity contribution in [1.29, 1.82) is 0 Å². The van der Waals surface area contributed by atoms with Crippen LogP contribution in [0.5, 0.6) is 0 Å². The zero-order chi connectivity index (χ0) is 18.0. The van der Waals surface area contributed by atoms with Crippen molar-refractivity contribution in [3.63, 3.8) is 0 Å². The summed E-state index contributed by atoms with van der Waals surface area (Å²) in [6.07, 6.45) is 1.76. The summed E-state index contributed by atoms with van der Waals surface area (Å²) in [6.45, 7) is 9.12. The zero-order valence-corrected chi connectivity index (χ0v) is 15.6. The lowest BCUT2D eigenvalue weighted by Crippen LogP contribution is -2.38. The predicted molar refractivity (Wildman–Crippen MR) is 94.2 cm³/mol. The van der Waals surface area contributed by atoms with E-state index in [1.807, 2.05) is 51.1 Å². The molecule has 0 aromatic heterocycles. The van der Waals surface area contributed by atoms with Crippen LogP contribution < -0.4 is 4.72 Å². The molecular weight excluding hydrogens is 326 g/mol. The van der Waals surface area contributed by atoms with Crippen molar-refractivity contribution in [3.8, 4) is 0 Å². The Balaban J connectivity index is 2.24. The van der Waals surface area contributed by atoms with Gasteiger partial charge in [-0.1, -0.05) is 30.3 Å². The van der Waals surface area contributed by atoms with Gasteiger partial charge in [0.15, 0.2) is 0 Å². The van der Waals surface area contributed by atoms with Gasteiger partial charge in [0.2, 0.25) is 5.79 Å². The lowest BCUT2D eigenvalue weighted by Gasteiger charge is -2.32. The Bertz CT molecular complexity index is 647. The summed E-state index contributed by atoms with van der Waals surface area (Å²) in [5, 5.41) is 0. The summed E-state index contributed by atoms with van der Waals surface area (Å²) in [5.41, 5.74) is 0.983. The first-order chi connectivity index (χ1) is 11.1. The molecule has 1 aliphatic heterocycles. The number of rotatable bonds is 5. The highest BCUT2D eigenvalue weighted by Crippen LogP contribution is 2.30. The van der Waals surface area contributed by atoms with Crippen LogP contribution in [0, 0.1) is 0 Å². The van der Waals surface area contributed by atoms with Crippen LogP contribution in [0.15, 0.2) is 42.2 Å². The fourth-order valence-corrected chi connectivity index (χ4v) is 3.12. The molecule has 0 saturated carbocycles. The van der Waals surface area contributed by atoms with Gasteiger partial charge in [-0.05, 0) is 26.3 Å². The summed E-state index contributed by atoms with van der Waals surface area (Å²) in [6, 6.07) is 9.48. The normalized spacial score (nSPS) is 19.7. The molecule has 1 heterocycles. The molecule has 0 aliphatic carbocycles. The summed E-state index contributed by atoms with van der Waals surface area (Å²) in [5.74, 6) is -0.903. The number of esters is 1. The average molecular weight is 351 g/mol. The van der Waals surface area contributed by atoms with Gasteiger partial charge < -0.3 is 9.47 Å². The van der Waals surface area contributed by atoms with Crippen molar-refractivity contribution in [2.75, 3.05) is 0 Å². The van der Waals surface area contributed by atoms with Crippen molar-refractivity contribution >= 4 is 17.0 Å². The number of hydrogen-bond donors (Lipinski definition) is 1. The van der Waals surface area contributed by atoms with Crippen molar-refractivity contribution in [2.24, 2.45) is 0 Å². The first-order valence-corrected chi connectivity index (χ1v) is 9.07. The Labute approximate surface area is 146 Å². The Morgan fingerprint density at radius 2 is 1.79 bits per heavy atom. The molecule has 0 unspecified atom stereocenters. The van der Waals surface area contributed by atoms with E-state index >= 15 is 0 Å². The van der Waals surface area contributed by atoms with Crippen LogP contribution in [0.2, 0.25) is 0 Å². The number of carbonyl (C=O) groups is 1. The molecule has 0 spiro atoms. The second-order valence-electron chi connectivity index (χ2n) is 7.20. The van der Waals surface area contributed by atoms with Crippen LogP contribution in [-0.4, -0.2) is 20.7 Å². The van der Waals surface area contributed by atoms with E-state index in [1.165, 1.54) is 6.08 Å². The molecular formula is C18H25NO4S. The minimum absolute atomic E-state index is 0.237. The molecule has 0 saturated heterocycles. The third-order valence-electron chi connectivity index (χ3n) is 3.41. The topological polar surface area (TPSA) is 64.6 Å². The van der Waals surface area contributed by atoms with Crippen LogP contribution in [0.3, 0.4) is 0 Å². The molecule has 1 aliphatic rings. The summed E-state index contributed by atoms with van der Waals surface area (Å²) in [4.78, 5) is 11.7. The molecule has 2 atom stereocenters. The van der Waals surface area contributed by atoms with Gasteiger partial charge in [0.25, 0.3) is 0 Å². The van der Waals surface area contributed by atoms with E-state index in [2.05, 4.69) is 4.72 Å². The van der Waals surface area contributed by atoms with Crippen LogP contribution in [0.1, 0.15) is 52.6 Å². The molecule has 0 amide bonds. The number of carbonyl (C=O) groups excluding carboxylic acids is 1. The average Bonchev–Trinajstić information content (AvgIpc) is 2.44. The van der Waals surface area contributed by atoms with E-state index < -0.39 is 27.5 Å². The van der Waals surface area contributed by atoms with Crippen molar-refractivity contribution < 1.29 is 18.5 Å². The fourth-order valence-electron chi connectivity index (χ4n) is 2.29. The Morgan fingerprint density at radius 3 is 2.33 bits per heavy atom. The monoisotopic (exact) mass is 351 g/mol.